The van der Waals surface area contributed by atoms with E-state index in [0.717, 1.165) is 25.0 Å². The Bertz CT molecular complexity index is 593. The van der Waals surface area contributed by atoms with E-state index in [9.17, 15) is 4.79 Å². The fourth-order valence-electron chi connectivity index (χ4n) is 4.59. The van der Waals surface area contributed by atoms with Crippen molar-refractivity contribution in [3.63, 3.8) is 0 Å². The van der Waals surface area contributed by atoms with Gasteiger partial charge in [-0.15, -0.1) is 0 Å². The van der Waals surface area contributed by atoms with Gasteiger partial charge in [-0.25, -0.2) is 4.79 Å². The predicted octanol–water partition coefficient (Wildman–Crippen LogP) is 2.66. The topological polar surface area (TPSA) is 72.5 Å². The van der Waals surface area contributed by atoms with Gasteiger partial charge in [0, 0.05) is 43.5 Å². The van der Waals surface area contributed by atoms with Crippen LogP contribution in [0.5, 0.6) is 0 Å². The number of carbonyl (C=O) groups excluding carboxylic acids is 1. The smallest absolute Gasteiger partial charge is 0.315 e. The summed E-state index contributed by atoms with van der Waals surface area (Å²) in [5.41, 5.74) is 0.982. The van der Waals surface area contributed by atoms with Gasteiger partial charge in [0.05, 0.1) is 12.1 Å². The number of nitrogens with zero attached hydrogens (tertiary/aromatic N) is 1. The number of hydrogen-bond acceptors (Lipinski definition) is 4. The second kappa shape index (κ2) is 7.30. The molecule has 2 fully saturated rings. The maximum absolute atomic E-state index is 12.6. The van der Waals surface area contributed by atoms with Crippen LogP contribution in [0.2, 0.25) is 0 Å². The van der Waals surface area contributed by atoms with Crippen molar-refractivity contribution in [3.8, 4) is 0 Å². The van der Waals surface area contributed by atoms with Crippen LogP contribution >= 0.6 is 0 Å². The zero-order chi connectivity index (χ0) is 18.0. The molecule has 1 aliphatic heterocycles. The summed E-state index contributed by atoms with van der Waals surface area (Å²) in [6.07, 6.45) is 5.41. The number of amides is 2. The number of carbonyl (C=O) groups is 1. The van der Waals surface area contributed by atoms with Crippen LogP contribution in [0, 0.1) is 11.3 Å². The van der Waals surface area contributed by atoms with E-state index >= 15 is 0 Å². The van der Waals surface area contributed by atoms with Crippen LogP contribution in [0.3, 0.4) is 0 Å². The van der Waals surface area contributed by atoms with E-state index in [0.29, 0.717) is 5.92 Å². The first-order chi connectivity index (χ1) is 11.9. The second-order valence-corrected chi connectivity index (χ2v) is 7.75. The maximum Gasteiger partial charge on any atom is 0.315 e. The van der Waals surface area contributed by atoms with Gasteiger partial charge in [0.1, 0.15) is 6.10 Å². The summed E-state index contributed by atoms with van der Waals surface area (Å²) < 4.78 is 11.5. The summed E-state index contributed by atoms with van der Waals surface area (Å²) in [5, 5.41) is 6.26. The van der Waals surface area contributed by atoms with Crippen molar-refractivity contribution in [2.24, 2.45) is 11.3 Å². The maximum atomic E-state index is 12.6. The lowest BCUT2D eigenvalue weighted by Crippen LogP contribution is -2.69. The minimum Gasteiger partial charge on any atom is -0.380 e. The SMILES string of the molecule is CO[C@@H]1[C@@H](C)[C@H](NC(=O)N[C@H]2CCCO[C@@H]2c2ccncc2)C1(C)C. The van der Waals surface area contributed by atoms with Gasteiger partial charge >= 0.3 is 6.03 Å². The van der Waals surface area contributed by atoms with Gasteiger partial charge in [0.2, 0.25) is 0 Å². The summed E-state index contributed by atoms with van der Waals surface area (Å²) in [7, 11) is 1.73. The summed E-state index contributed by atoms with van der Waals surface area (Å²) in [4.78, 5) is 16.6. The average molecular weight is 347 g/mol. The lowest BCUT2D eigenvalue weighted by Gasteiger charge is -2.56. The van der Waals surface area contributed by atoms with Crippen molar-refractivity contribution in [2.45, 2.75) is 57.9 Å². The molecule has 3 rings (SSSR count). The number of rotatable bonds is 4. The van der Waals surface area contributed by atoms with Gasteiger partial charge < -0.3 is 20.1 Å². The van der Waals surface area contributed by atoms with Crippen LogP contribution in [0.25, 0.3) is 0 Å². The molecule has 2 N–H and O–H groups in total. The van der Waals surface area contributed by atoms with E-state index in [1.807, 2.05) is 12.1 Å². The van der Waals surface area contributed by atoms with Gasteiger partial charge in [0.15, 0.2) is 0 Å². The molecule has 138 valence electrons. The highest BCUT2D eigenvalue weighted by Gasteiger charge is 2.55. The molecule has 0 spiro atoms. The second-order valence-electron chi connectivity index (χ2n) is 7.75. The molecule has 0 aromatic carbocycles. The minimum atomic E-state index is -0.131. The molecular weight excluding hydrogens is 318 g/mol. The molecule has 0 unspecified atom stereocenters. The molecule has 6 heteroatoms. The predicted molar refractivity (Wildman–Crippen MR) is 95.1 cm³/mol. The third-order valence-corrected chi connectivity index (χ3v) is 5.75. The Kier molecular flexibility index (Phi) is 5.29. The lowest BCUT2D eigenvalue weighted by molar-refractivity contribution is -0.141. The Labute approximate surface area is 149 Å². The van der Waals surface area contributed by atoms with Crippen molar-refractivity contribution < 1.29 is 14.3 Å². The van der Waals surface area contributed by atoms with Crippen LogP contribution in [0.1, 0.15) is 45.3 Å². The molecule has 1 saturated heterocycles. The van der Waals surface area contributed by atoms with E-state index in [4.69, 9.17) is 9.47 Å². The zero-order valence-corrected chi connectivity index (χ0v) is 15.5. The van der Waals surface area contributed by atoms with Crippen LogP contribution < -0.4 is 10.6 Å². The molecule has 1 aromatic rings. The molecule has 1 saturated carbocycles. The highest BCUT2D eigenvalue weighted by molar-refractivity contribution is 5.75. The largest absolute Gasteiger partial charge is 0.380 e. The zero-order valence-electron chi connectivity index (χ0n) is 15.5. The summed E-state index contributed by atoms with van der Waals surface area (Å²) >= 11 is 0. The molecule has 2 aliphatic rings. The number of pyridine rings is 1. The third-order valence-electron chi connectivity index (χ3n) is 5.75. The highest BCUT2D eigenvalue weighted by Crippen LogP contribution is 2.46. The van der Waals surface area contributed by atoms with E-state index in [1.54, 1.807) is 19.5 Å². The van der Waals surface area contributed by atoms with Crippen molar-refractivity contribution in [1.29, 1.82) is 0 Å². The minimum absolute atomic E-state index is 0.0344. The van der Waals surface area contributed by atoms with Crippen LogP contribution in [-0.4, -0.2) is 42.9 Å². The molecule has 25 heavy (non-hydrogen) atoms. The van der Waals surface area contributed by atoms with Crippen molar-refractivity contribution >= 4 is 6.03 Å². The van der Waals surface area contributed by atoms with Gasteiger partial charge in [-0.3, -0.25) is 4.98 Å². The standard InChI is InChI=1S/C19H29N3O3/c1-12-16(19(2,3)17(12)24-4)22-18(23)21-14-6-5-11-25-15(14)13-7-9-20-10-8-13/h7-10,12,14-17H,5-6,11H2,1-4H3,(H2,21,22,23)/t12-,14-,15+,16-,17+/m0/s1. The number of hydrogen-bond donors (Lipinski definition) is 2. The fraction of sp³-hybridized carbons (Fsp3) is 0.684. The molecule has 0 radical (unpaired) electrons. The van der Waals surface area contributed by atoms with Gasteiger partial charge in [0.25, 0.3) is 0 Å². The van der Waals surface area contributed by atoms with Crippen LogP contribution in [-0.2, 0) is 9.47 Å². The number of methoxy groups -OCH3 is 1. The molecule has 1 aromatic heterocycles. The number of aromatic nitrogens is 1. The van der Waals surface area contributed by atoms with Crippen LogP contribution in [0.4, 0.5) is 4.79 Å². The highest BCUT2D eigenvalue weighted by atomic mass is 16.5. The summed E-state index contributed by atoms with van der Waals surface area (Å²) in [6, 6.07) is 3.83. The first kappa shape index (κ1) is 18.1. The van der Waals surface area contributed by atoms with Gasteiger partial charge in [-0.1, -0.05) is 20.8 Å². The van der Waals surface area contributed by atoms with Gasteiger partial charge in [-0.05, 0) is 30.5 Å². The molecular formula is C19H29N3O3. The Morgan fingerprint density at radius 2 is 2.04 bits per heavy atom. The first-order valence-corrected chi connectivity index (χ1v) is 9.06. The lowest BCUT2D eigenvalue weighted by atomic mass is 9.58. The molecule has 5 atom stereocenters. The number of nitrogens with one attached hydrogen (secondary N) is 2. The Balaban J connectivity index is 1.62. The quantitative estimate of drug-likeness (QED) is 0.878. The van der Waals surface area contributed by atoms with E-state index < -0.39 is 0 Å². The molecule has 6 nitrogen and oxygen atoms in total. The van der Waals surface area contributed by atoms with E-state index in [2.05, 4.69) is 36.4 Å². The normalized spacial score (nSPS) is 34.0. The van der Waals surface area contributed by atoms with Crippen molar-refractivity contribution in [2.75, 3.05) is 13.7 Å². The Morgan fingerprint density at radius 1 is 1.32 bits per heavy atom. The molecule has 2 heterocycles. The molecule has 0 bridgehead atoms. The Morgan fingerprint density at radius 3 is 2.68 bits per heavy atom. The van der Waals surface area contributed by atoms with E-state index in [-0.39, 0.29) is 35.7 Å². The average Bonchev–Trinajstić information content (AvgIpc) is 2.61. The number of urea groups is 1. The molecule has 1 aliphatic carbocycles. The fourth-order valence-corrected chi connectivity index (χ4v) is 4.59. The van der Waals surface area contributed by atoms with Crippen LogP contribution in [0.15, 0.2) is 24.5 Å². The van der Waals surface area contributed by atoms with E-state index in [1.165, 1.54) is 0 Å². The van der Waals surface area contributed by atoms with Crippen molar-refractivity contribution in [1.82, 2.24) is 15.6 Å². The summed E-state index contributed by atoms with van der Waals surface area (Å²) in [6.45, 7) is 7.11. The van der Waals surface area contributed by atoms with Crippen molar-refractivity contribution in [3.05, 3.63) is 30.1 Å². The number of ether oxygens (including phenoxy) is 2. The first-order valence-electron chi connectivity index (χ1n) is 9.06. The monoisotopic (exact) mass is 347 g/mol. The molecule has 2 amide bonds. The Hall–Kier alpha value is -1.66. The third kappa shape index (κ3) is 3.51. The van der Waals surface area contributed by atoms with Gasteiger partial charge in [-0.2, -0.15) is 0 Å². The summed E-state index contributed by atoms with van der Waals surface area (Å²) in [5.74, 6) is 0.296.